The van der Waals surface area contributed by atoms with E-state index in [0.29, 0.717) is 27.8 Å². The summed E-state index contributed by atoms with van der Waals surface area (Å²) in [6.07, 6.45) is -2.99. The van der Waals surface area contributed by atoms with Crippen molar-refractivity contribution in [3.63, 3.8) is 0 Å². The highest BCUT2D eigenvalue weighted by Crippen LogP contribution is 2.31. The standard InChI is InChI=1S/C21H16F3N5O4S2/c1-12-17(18(30)28-19-27-16(11-34-19)15-5-3-4-10-25-15)33-20(26-12)29(2)35(31,32)14-8-6-13(7-9-14)21(22,23)24/h3-11H,1-2H3,(H,27,28,30). The van der Waals surface area contributed by atoms with Crippen molar-refractivity contribution in [1.82, 2.24) is 15.0 Å². The summed E-state index contributed by atoms with van der Waals surface area (Å²) in [5.74, 6) is -0.951. The minimum absolute atomic E-state index is 0.105. The number of hydrogen-bond donors (Lipinski definition) is 1. The first-order chi connectivity index (χ1) is 16.5. The van der Waals surface area contributed by atoms with Gasteiger partial charge < -0.3 is 4.42 Å². The molecule has 4 aromatic rings. The number of nitrogens with one attached hydrogen (secondary N) is 1. The van der Waals surface area contributed by atoms with Crippen LogP contribution in [-0.2, 0) is 16.2 Å². The first kappa shape index (κ1) is 24.3. The van der Waals surface area contributed by atoms with E-state index in [-0.39, 0.29) is 16.6 Å². The van der Waals surface area contributed by atoms with Crippen LogP contribution in [0.4, 0.5) is 24.3 Å². The average molecular weight is 524 g/mol. The first-order valence-electron chi connectivity index (χ1n) is 9.78. The summed E-state index contributed by atoms with van der Waals surface area (Å²) in [6, 6.07) is 7.88. The Bertz CT molecular complexity index is 1470. The Morgan fingerprint density at radius 1 is 1.09 bits per heavy atom. The summed E-state index contributed by atoms with van der Waals surface area (Å²) in [5.41, 5.74) is 0.299. The number of pyridine rings is 1. The van der Waals surface area contributed by atoms with E-state index in [9.17, 15) is 26.4 Å². The van der Waals surface area contributed by atoms with Gasteiger partial charge in [-0.1, -0.05) is 6.07 Å². The monoisotopic (exact) mass is 523 g/mol. The van der Waals surface area contributed by atoms with Crippen molar-refractivity contribution in [3.8, 4) is 11.4 Å². The summed E-state index contributed by atoms with van der Waals surface area (Å²) < 4.78 is 70.1. The number of amides is 1. The predicted molar refractivity (Wildman–Crippen MR) is 122 cm³/mol. The van der Waals surface area contributed by atoms with E-state index >= 15 is 0 Å². The quantitative estimate of drug-likeness (QED) is 0.392. The SMILES string of the molecule is Cc1nc(N(C)S(=O)(=O)c2ccc(C(F)(F)F)cc2)oc1C(=O)Nc1nc(-c2ccccn2)cs1. The van der Waals surface area contributed by atoms with E-state index in [1.807, 2.05) is 0 Å². The third-order valence-electron chi connectivity index (χ3n) is 4.75. The van der Waals surface area contributed by atoms with Crippen LogP contribution in [0.25, 0.3) is 11.4 Å². The van der Waals surface area contributed by atoms with Crippen LogP contribution in [-0.4, -0.2) is 36.3 Å². The van der Waals surface area contributed by atoms with E-state index in [1.54, 1.807) is 29.8 Å². The van der Waals surface area contributed by atoms with Gasteiger partial charge in [0.1, 0.15) is 5.69 Å². The lowest BCUT2D eigenvalue weighted by molar-refractivity contribution is -0.137. The maximum atomic E-state index is 12.8. The van der Waals surface area contributed by atoms with Gasteiger partial charge in [0, 0.05) is 18.6 Å². The number of halogens is 3. The van der Waals surface area contributed by atoms with Crippen molar-refractivity contribution in [3.05, 3.63) is 71.1 Å². The van der Waals surface area contributed by atoms with E-state index in [0.717, 1.165) is 30.5 Å². The van der Waals surface area contributed by atoms with Crippen LogP contribution >= 0.6 is 11.3 Å². The zero-order valence-corrected chi connectivity index (χ0v) is 19.7. The highest BCUT2D eigenvalue weighted by molar-refractivity contribution is 7.92. The lowest BCUT2D eigenvalue weighted by Crippen LogP contribution is -2.27. The lowest BCUT2D eigenvalue weighted by atomic mass is 10.2. The number of thiazole rings is 1. The summed E-state index contributed by atoms with van der Waals surface area (Å²) in [5, 5.41) is 4.54. The molecule has 1 amide bonds. The van der Waals surface area contributed by atoms with Crippen molar-refractivity contribution in [1.29, 1.82) is 0 Å². The molecule has 14 heteroatoms. The fraction of sp³-hybridized carbons (Fsp3) is 0.143. The number of anilines is 2. The number of alkyl halides is 3. The second-order valence-electron chi connectivity index (χ2n) is 7.11. The second kappa shape index (κ2) is 9.11. The van der Waals surface area contributed by atoms with Crippen LogP contribution in [0.5, 0.6) is 0 Å². The number of benzene rings is 1. The van der Waals surface area contributed by atoms with Gasteiger partial charge in [0.15, 0.2) is 5.13 Å². The number of aryl methyl sites for hydroxylation is 1. The molecule has 35 heavy (non-hydrogen) atoms. The highest BCUT2D eigenvalue weighted by atomic mass is 32.2. The molecule has 3 heterocycles. The minimum Gasteiger partial charge on any atom is -0.417 e. The molecule has 4 rings (SSSR count). The Morgan fingerprint density at radius 2 is 1.80 bits per heavy atom. The summed E-state index contributed by atoms with van der Waals surface area (Å²) >= 11 is 1.16. The van der Waals surface area contributed by atoms with Crippen molar-refractivity contribution >= 4 is 38.4 Å². The van der Waals surface area contributed by atoms with Gasteiger partial charge in [-0.25, -0.2) is 17.7 Å². The molecule has 0 unspecified atom stereocenters. The fourth-order valence-electron chi connectivity index (χ4n) is 2.92. The molecule has 1 N–H and O–H groups in total. The normalized spacial score (nSPS) is 11.9. The number of sulfonamides is 1. The Labute approximate surface area is 201 Å². The molecule has 0 radical (unpaired) electrons. The van der Waals surface area contributed by atoms with E-state index in [4.69, 9.17) is 4.42 Å². The maximum absolute atomic E-state index is 12.8. The molecule has 0 bridgehead atoms. The van der Waals surface area contributed by atoms with Gasteiger partial charge in [-0.05, 0) is 43.3 Å². The molecule has 182 valence electrons. The third kappa shape index (κ3) is 5.02. The first-order valence-corrected chi connectivity index (χ1v) is 12.1. The molecule has 0 aliphatic heterocycles. The van der Waals surface area contributed by atoms with Crippen LogP contribution in [0, 0.1) is 6.92 Å². The molecular formula is C21H16F3N5O4S2. The molecule has 0 saturated carbocycles. The predicted octanol–water partition coefficient (Wildman–Crippen LogP) is 4.60. The number of nitrogens with zero attached hydrogens (tertiary/aromatic N) is 4. The molecule has 0 aliphatic carbocycles. The van der Waals surface area contributed by atoms with Gasteiger partial charge >= 0.3 is 12.2 Å². The number of hydrogen-bond acceptors (Lipinski definition) is 8. The maximum Gasteiger partial charge on any atom is 0.416 e. The average Bonchev–Trinajstić information content (AvgIpc) is 3.45. The van der Waals surface area contributed by atoms with Gasteiger partial charge in [-0.15, -0.1) is 11.3 Å². The Kier molecular flexibility index (Phi) is 6.34. The number of aromatic nitrogens is 3. The fourth-order valence-corrected chi connectivity index (χ4v) is 4.70. The Morgan fingerprint density at radius 3 is 2.43 bits per heavy atom. The van der Waals surface area contributed by atoms with Gasteiger partial charge in [0.2, 0.25) is 5.76 Å². The smallest absolute Gasteiger partial charge is 0.416 e. The molecular weight excluding hydrogens is 507 g/mol. The third-order valence-corrected chi connectivity index (χ3v) is 7.26. The Balaban J connectivity index is 1.52. The van der Waals surface area contributed by atoms with Crippen molar-refractivity contribution in [2.24, 2.45) is 0 Å². The molecule has 3 aromatic heterocycles. The van der Waals surface area contributed by atoms with Gasteiger partial charge in [0.05, 0.1) is 21.8 Å². The largest absolute Gasteiger partial charge is 0.417 e. The molecule has 9 nitrogen and oxygen atoms in total. The van der Waals surface area contributed by atoms with Crippen LogP contribution < -0.4 is 9.62 Å². The van der Waals surface area contributed by atoms with Gasteiger partial charge in [-0.2, -0.15) is 18.2 Å². The highest BCUT2D eigenvalue weighted by Gasteiger charge is 2.32. The Hall–Kier alpha value is -3.78. The molecule has 0 saturated heterocycles. The topological polar surface area (TPSA) is 118 Å². The summed E-state index contributed by atoms with van der Waals surface area (Å²) in [7, 11) is -3.20. The van der Waals surface area contributed by atoms with Crippen LogP contribution in [0.15, 0.2) is 63.4 Å². The number of carbonyl (C=O) groups excluding carboxylic acids is 1. The van der Waals surface area contributed by atoms with E-state index in [2.05, 4.69) is 20.3 Å². The van der Waals surface area contributed by atoms with Crippen LogP contribution in [0.1, 0.15) is 21.8 Å². The summed E-state index contributed by atoms with van der Waals surface area (Å²) in [4.78, 5) is 24.8. The molecule has 0 aliphatic rings. The van der Waals surface area contributed by atoms with Crippen molar-refractivity contribution in [2.75, 3.05) is 16.7 Å². The minimum atomic E-state index is -4.61. The molecule has 0 spiro atoms. The van der Waals surface area contributed by atoms with Crippen molar-refractivity contribution < 1.29 is 30.8 Å². The lowest BCUT2D eigenvalue weighted by Gasteiger charge is -2.15. The molecule has 1 aromatic carbocycles. The van der Waals surface area contributed by atoms with E-state index in [1.165, 1.54) is 6.92 Å². The second-order valence-corrected chi connectivity index (χ2v) is 9.94. The van der Waals surface area contributed by atoms with E-state index < -0.39 is 38.6 Å². The summed E-state index contributed by atoms with van der Waals surface area (Å²) in [6.45, 7) is 1.45. The molecule has 0 fully saturated rings. The number of oxazole rings is 1. The van der Waals surface area contributed by atoms with Gasteiger partial charge in [-0.3, -0.25) is 15.1 Å². The van der Waals surface area contributed by atoms with Crippen LogP contribution in [0.3, 0.4) is 0 Å². The zero-order valence-electron chi connectivity index (χ0n) is 18.1. The number of rotatable bonds is 6. The zero-order chi connectivity index (χ0) is 25.4. The van der Waals surface area contributed by atoms with Gasteiger partial charge in [0.25, 0.3) is 15.9 Å². The van der Waals surface area contributed by atoms with Crippen LogP contribution in [0.2, 0.25) is 0 Å². The van der Waals surface area contributed by atoms with Crippen molar-refractivity contribution in [2.45, 2.75) is 18.0 Å². The number of carbonyl (C=O) groups is 1. The molecule has 0 atom stereocenters.